The lowest BCUT2D eigenvalue weighted by Gasteiger charge is -2.39. The van der Waals surface area contributed by atoms with E-state index in [9.17, 15) is 4.79 Å². The Kier molecular flexibility index (Phi) is 4.14. The van der Waals surface area contributed by atoms with Crippen LogP contribution in [0.1, 0.15) is 32.6 Å². The summed E-state index contributed by atoms with van der Waals surface area (Å²) in [5, 5.41) is 0.224. The summed E-state index contributed by atoms with van der Waals surface area (Å²) in [7, 11) is 0. The van der Waals surface area contributed by atoms with Gasteiger partial charge in [0.2, 0.25) is 5.91 Å². The molecule has 3 atom stereocenters. The molecule has 3 unspecified atom stereocenters. The predicted molar refractivity (Wildman–Crippen MR) is 68.4 cm³/mol. The minimum absolute atomic E-state index is 0.224. The maximum Gasteiger partial charge on any atom is 0.235 e. The van der Waals surface area contributed by atoms with Gasteiger partial charge in [-0.15, -0.1) is 11.8 Å². The van der Waals surface area contributed by atoms with Gasteiger partial charge in [-0.2, -0.15) is 0 Å². The van der Waals surface area contributed by atoms with Crippen LogP contribution >= 0.6 is 11.8 Å². The fourth-order valence-electron chi connectivity index (χ4n) is 2.72. The first kappa shape index (κ1) is 12.2. The molecular formula is C12H22N2OS. The van der Waals surface area contributed by atoms with E-state index < -0.39 is 0 Å². The van der Waals surface area contributed by atoms with E-state index in [0.717, 1.165) is 31.6 Å². The van der Waals surface area contributed by atoms with Gasteiger partial charge in [0.15, 0.2) is 0 Å². The van der Waals surface area contributed by atoms with Crippen molar-refractivity contribution in [3.63, 3.8) is 0 Å². The fraction of sp³-hybridized carbons (Fsp3) is 0.917. The first-order valence-corrected chi connectivity index (χ1v) is 7.39. The average Bonchev–Trinajstić information content (AvgIpc) is 2.81. The Labute approximate surface area is 102 Å². The van der Waals surface area contributed by atoms with Crippen molar-refractivity contribution >= 4 is 17.7 Å². The summed E-state index contributed by atoms with van der Waals surface area (Å²) in [6.45, 7) is 3.79. The third-order valence-electron chi connectivity index (χ3n) is 3.74. The van der Waals surface area contributed by atoms with E-state index >= 15 is 0 Å². The van der Waals surface area contributed by atoms with Crippen molar-refractivity contribution in [3.8, 4) is 0 Å². The molecule has 0 aromatic rings. The van der Waals surface area contributed by atoms with Gasteiger partial charge < -0.3 is 10.6 Å². The van der Waals surface area contributed by atoms with Crippen LogP contribution in [0.2, 0.25) is 0 Å². The Morgan fingerprint density at radius 3 is 2.94 bits per heavy atom. The maximum atomic E-state index is 12.3. The molecule has 0 bridgehead atoms. The first-order valence-electron chi connectivity index (χ1n) is 6.34. The van der Waals surface area contributed by atoms with Gasteiger partial charge in [0, 0.05) is 19.1 Å². The molecule has 92 valence electrons. The average molecular weight is 242 g/mol. The standard InChI is InChI=1S/C12H22N2OS/c1-9-4-5-14(10(7-9)8-13)12(15)11-3-2-6-16-11/h9-11H,2-8,13H2,1H3. The highest BCUT2D eigenvalue weighted by Gasteiger charge is 2.34. The Balaban J connectivity index is 1.98. The van der Waals surface area contributed by atoms with Gasteiger partial charge >= 0.3 is 0 Å². The third-order valence-corrected chi connectivity index (χ3v) is 5.10. The van der Waals surface area contributed by atoms with Gasteiger partial charge in [-0.25, -0.2) is 0 Å². The van der Waals surface area contributed by atoms with Crippen molar-refractivity contribution in [3.05, 3.63) is 0 Å². The lowest BCUT2D eigenvalue weighted by molar-refractivity contribution is -0.134. The predicted octanol–water partition coefficient (Wildman–Crippen LogP) is 1.47. The molecule has 2 N–H and O–H groups in total. The first-order chi connectivity index (χ1) is 7.72. The van der Waals surface area contributed by atoms with Crippen LogP contribution in [0.25, 0.3) is 0 Å². The van der Waals surface area contributed by atoms with Crippen LogP contribution in [-0.2, 0) is 4.79 Å². The zero-order valence-electron chi connectivity index (χ0n) is 10.0. The quantitative estimate of drug-likeness (QED) is 0.797. The van der Waals surface area contributed by atoms with Crippen LogP contribution in [0.15, 0.2) is 0 Å². The number of hydrogen-bond acceptors (Lipinski definition) is 3. The molecular weight excluding hydrogens is 220 g/mol. The number of piperidine rings is 1. The van der Waals surface area contributed by atoms with Gasteiger partial charge in [-0.1, -0.05) is 6.92 Å². The Morgan fingerprint density at radius 2 is 2.31 bits per heavy atom. The Bertz CT molecular complexity index is 253. The highest BCUT2D eigenvalue weighted by atomic mass is 32.2. The van der Waals surface area contributed by atoms with E-state index in [2.05, 4.69) is 11.8 Å². The van der Waals surface area contributed by atoms with Crippen LogP contribution in [0.4, 0.5) is 0 Å². The van der Waals surface area contributed by atoms with Crippen molar-refractivity contribution in [2.75, 3.05) is 18.8 Å². The maximum absolute atomic E-state index is 12.3. The van der Waals surface area contributed by atoms with Gasteiger partial charge in [0.1, 0.15) is 0 Å². The number of thioether (sulfide) groups is 1. The number of hydrogen-bond donors (Lipinski definition) is 1. The summed E-state index contributed by atoms with van der Waals surface area (Å²) in [5.74, 6) is 2.21. The topological polar surface area (TPSA) is 46.3 Å². The zero-order chi connectivity index (χ0) is 11.5. The molecule has 3 nitrogen and oxygen atoms in total. The molecule has 2 aliphatic rings. The summed E-state index contributed by atoms with van der Waals surface area (Å²) in [6, 6.07) is 0.289. The lowest BCUT2D eigenvalue weighted by atomic mass is 9.92. The Morgan fingerprint density at radius 1 is 1.50 bits per heavy atom. The second-order valence-corrected chi connectivity index (χ2v) is 6.36. The van der Waals surface area contributed by atoms with Crippen LogP contribution in [0, 0.1) is 5.92 Å². The van der Waals surface area contributed by atoms with E-state index in [-0.39, 0.29) is 11.3 Å². The highest BCUT2D eigenvalue weighted by molar-refractivity contribution is 8.00. The number of rotatable bonds is 2. The lowest BCUT2D eigenvalue weighted by Crippen LogP contribution is -2.51. The number of nitrogens with zero attached hydrogens (tertiary/aromatic N) is 1. The Hall–Kier alpha value is -0.220. The molecule has 2 rings (SSSR count). The summed E-state index contributed by atoms with van der Waals surface area (Å²) in [5.41, 5.74) is 5.79. The van der Waals surface area contributed by atoms with E-state index in [4.69, 9.17) is 5.73 Å². The number of likely N-dealkylation sites (tertiary alicyclic amines) is 1. The number of nitrogens with two attached hydrogens (primary N) is 1. The number of amides is 1. The molecule has 0 aromatic carbocycles. The van der Waals surface area contributed by atoms with E-state index in [1.807, 2.05) is 11.8 Å². The zero-order valence-corrected chi connectivity index (χ0v) is 10.8. The van der Waals surface area contributed by atoms with Gasteiger partial charge in [0.25, 0.3) is 0 Å². The summed E-state index contributed by atoms with van der Waals surface area (Å²) in [4.78, 5) is 14.4. The second-order valence-electron chi connectivity index (χ2n) is 5.05. The van der Waals surface area contributed by atoms with Crippen LogP contribution < -0.4 is 5.73 Å². The second kappa shape index (κ2) is 5.41. The molecule has 0 radical (unpaired) electrons. The molecule has 0 aliphatic carbocycles. The largest absolute Gasteiger partial charge is 0.337 e. The minimum Gasteiger partial charge on any atom is -0.337 e. The van der Waals surface area contributed by atoms with Gasteiger partial charge in [-0.05, 0) is 37.4 Å². The summed E-state index contributed by atoms with van der Waals surface area (Å²) in [6.07, 6.45) is 4.48. The SMILES string of the molecule is CC1CCN(C(=O)C2CCCS2)C(CN)C1. The molecule has 0 aromatic heterocycles. The normalized spacial score (nSPS) is 35.4. The molecule has 2 heterocycles. The van der Waals surface area contributed by atoms with Crippen LogP contribution in [0.5, 0.6) is 0 Å². The number of carbonyl (C=O) groups is 1. The van der Waals surface area contributed by atoms with Gasteiger partial charge in [0.05, 0.1) is 5.25 Å². The third kappa shape index (κ3) is 2.54. The van der Waals surface area contributed by atoms with Crippen molar-refractivity contribution in [1.82, 2.24) is 4.90 Å². The molecule has 4 heteroatoms. The van der Waals surface area contributed by atoms with E-state index in [1.54, 1.807) is 0 Å². The summed E-state index contributed by atoms with van der Waals surface area (Å²) < 4.78 is 0. The number of carbonyl (C=O) groups excluding carboxylic acids is 1. The van der Waals surface area contributed by atoms with E-state index in [0.29, 0.717) is 18.4 Å². The highest BCUT2D eigenvalue weighted by Crippen LogP contribution is 2.30. The van der Waals surface area contributed by atoms with Gasteiger partial charge in [-0.3, -0.25) is 4.79 Å². The van der Waals surface area contributed by atoms with Crippen molar-refractivity contribution in [1.29, 1.82) is 0 Å². The molecule has 1 amide bonds. The minimum atomic E-state index is 0.224. The summed E-state index contributed by atoms with van der Waals surface area (Å²) >= 11 is 1.83. The molecule has 16 heavy (non-hydrogen) atoms. The fourth-order valence-corrected chi connectivity index (χ4v) is 3.95. The molecule has 0 spiro atoms. The van der Waals surface area contributed by atoms with Crippen molar-refractivity contribution < 1.29 is 4.79 Å². The smallest absolute Gasteiger partial charge is 0.235 e. The molecule has 2 fully saturated rings. The molecule has 2 saturated heterocycles. The van der Waals surface area contributed by atoms with Crippen LogP contribution in [0.3, 0.4) is 0 Å². The van der Waals surface area contributed by atoms with Crippen LogP contribution in [-0.4, -0.2) is 40.9 Å². The molecule has 0 saturated carbocycles. The molecule has 2 aliphatic heterocycles. The van der Waals surface area contributed by atoms with Crippen molar-refractivity contribution in [2.24, 2.45) is 11.7 Å². The monoisotopic (exact) mass is 242 g/mol. The van der Waals surface area contributed by atoms with E-state index in [1.165, 1.54) is 6.42 Å². The van der Waals surface area contributed by atoms with Crippen molar-refractivity contribution in [2.45, 2.75) is 43.9 Å².